The summed E-state index contributed by atoms with van der Waals surface area (Å²) in [5.41, 5.74) is -0.274. The molecule has 0 aliphatic carbocycles. The highest BCUT2D eigenvalue weighted by molar-refractivity contribution is 5.93. The number of hydrogen-bond acceptors (Lipinski definition) is 5. The molecule has 2 heterocycles. The van der Waals surface area contributed by atoms with Gasteiger partial charge in [-0.15, -0.1) is 0 Å². The molecule has 0 spiro atoms. The van der Waals surface area contributed by atoms with Crippen LogP contribution in [0.25, 0.3) is 11.6 Å². The Morgan fingerprint density at radius 3 is 2.68 bits per heavy atom. The summed E-state index contributed by atoms with van der Waals surface area (Å²) in [6, 6.07) is 3.44. The zero-order chi connectivity index (χ0) is 14.0. The molecule has 6 heteroatoms. The fourth-order valence-corrected chi connectivity index (χ4v) is 1.51. The van der Waals surface area contributed by atoms with Crippen LogP contribution in [0.15, 0.2) is 29.0 Å². The van der Waals surface area contributed by atoms with Crippen molar-refractivity contribution in [1.82, 2.24) is 9.97 Å². The van der Waals surface area contributed by atoms with Crippen LogP contribution in [0.5, 0.6) is 0 Å². The third-order valence-corrected chi connectivity index (χ3v) is 2.25. The van der Waals surface area contributed by atoms with Crippen LogP contribution in [0.3, 0.4) is 0 Å². The van der Waals surface area contributed by atoms with E-state index in [1.165, 1.54) is 12.5 Å². The number of aromatic nitrogens is 2. The number of carboxylic acids is 1. The topological polar surface area (TPSA) is 88.3 Å². The second kappa shape index (κ2) is 4.72. The maximum absolute atomic E-state index is 11.2. The highest BCUT2D eigenvalue weighted by Gasteiger charge is 2.19. The van der Waals surface area contributed by atoms with Gasteiger partial charge in [-0.05, 0) is 32.9 Å². The molecule has 0 saturated carbocycles. The van der Waals surface area contributed by atoms with Crippen LogP contribution in [-0.4, -0.2) is 26.6 Å². The molecule has 0 aliphatic heterocycles. The molecule has 0 aromatic carbocycles. The fourth-order valence-electron chi connectivity index (χ4n) is 1.51. The van der Waals surface area contributed by atoms with Crippen molar-refractivity contribution < 1.29 is 14.3 Å². The zero-order valence-corrected chi connectivity index (χ0v) is 11.0. The maximum Gasteiger partial charge on any atom is 0.341 e. The molecule has 0 aliphatic rings. The minimum atomic E-state index is -1.07. The summed E-state index contributed by atoms with van der Waals surface area (Å²) in [5, 5.41) is 12.2. The summed E-state index contributed by atoms with van der Waals surface area (Å²) in [7, 11) is 0. The van der Waals surface area contributed by atoms with E-state index in [4.69, 9.17) is 9.52 Å². The van der Waals surface area contributed by atoms with Gasteiger partial charge in [0.25, 0.3) is 0 Å². The van der Waals surface area contributed by atoms with Crippen LogP contribution in [-0.2, 0) is 0 Å². The van der Waals surface area contributed by atoms with E-state index in [9.17, 15) is 4.79 Å². The molecule has 2 aromatic heterocycles. The van der Waals surface area contributed by atoms with Crippen LogP contribution in [0.1, 0.15) is 31.1 Å². The lowest BCUT2D eigenvalue weighted by Gasteiger charge is -2.22. The summed E-state index contributed by atoms with van der Waals surface area (Å²) in [4.78, 5) is 19.4. The molecule has 0 radical (unpaired) electrons. The van der Waals surface area contributed by atoms with Gasteiger partial charge in [0, 0.05) is 11.7 Å². The SMILES string of the molecule is CC(C)(C)Nc1nc(-c2ccco2)ncc1C(=O)O. The second-order valence-corrected chi connectivity index (χ2v) is 5.11. The average Bonchev–Trinajstić information content (AvgIpc) is 2.79. The fraction of sp³-hybridized carbons (Fsp3) is 0.308. The normalized spacial score (nSPS) is 11.3. The van der Waals surface area contributed by atoms with E-state index in [-0.39, 0.29) is 16.9 Å². The molecule has 0 unspecified atom stereocenters. The van der Waals surface area contributed by atoms with Gasteiger partial charge in [-0.3, -0.25) is 0 Å². The summed E-state index contributed by atoms with van der Waals surface area (Å²) in [6.07, 6.45) is 2.79. The minimum Gasteiger partial charge on any atom is -0.477 e. The van der Waals surface area contributed by atoms with E-state index in [1.54, 1.807) is 12.1 Å². The van der Waals surface area contributed by atoms with Crippen LogP contribution in [0.4, 0.5) is 5.82 Å². The molecule has 0 atom stereocenters. The smallest absolute Gasteiger partial charge is 0.341 e. The van der Waals surface area contributed by atoms with Crippen molar-refractivity contribution in [3.8, 4) is 11.6 Å². The monoisotopic (exact) mass is 261 g/mol. The first-order chi connectivity index (χ1) is 8.87. The number of nitrogens with zero attached hydrogens (tertiary/aromatic N) is 2. The predicted octanol–water partition coefficient (Wildman–Crippen LogP) is 2.65. The molecule has 0 bridgehead atoms. The van der Waals surface area contributed by atoms with Crippen molar-refractivity contribution in [2.45, 2.75) is 26.3 Å². The lowest BCUT2D eigenvalue weighted by atomic mass is 10.1. The zero-order valence-electron chi connectivity index (χ0n) is 11.0. The highest BCUT2D eigenvalue weighted by Crippen LogP contribution is 2.22. The van der Waals surface area contributed by atoms with Gasteiger partial charge in [-0.1, -0.05) is 0 Å². The number of aromatic carboxylic acids is 1. The Morgan fingerprint density at radius 1 is 1.42 bits per heavy atom. The molecular formula is C13H15N3O3. The Balaban J connectivity index is 2.47. The molecule has 0 saturated heterocycles. The first-order valence-electron chi connectivity index (χ1n) is 5.79. The third kappa shape index (κ3) is 3.09. The molecule has 19 heavy (non-hydrogen) atoms. The first kappa shape index (κ1) is 13.1. The Bertz CT molecular complexity index is 586. The Hall–Kier alpha value is -2.37. The Morgan fingerprint density at radius 2 is 2.16 bits per heavy atom. The molecule has 6 nitrogen and oxygen atoms in total. The molecule has 100 valence electrons. The molecule has 2 rings (SSSR count). The molecule has 0 amide bonds. The van der Waals surface area contributed by atoms with E-state index < -0.39 is 5.97 Å². The van der Waals surface area contributed by atoms with Crippen LogP contribution in [0.2, 0.25) is 0 Å². The van der Waals surface area contributed by atoms with E-state index in [1.807, 2.05) is 20.8 Å². The van der Waals surface area contributed by atoms with E-state index in [0.29, 0.717) is 11.6 Å². The molecule has 2 aromatic rings. The van der Waals surface area contributed by atoms with Crippen LogP contribution in [0, 0.1) is 0 Å². The number of anilines is 1. The second-order valence-electron chi connectivity index (χ2n) is 5.11. The standard InChI is InChI=1S/C13H15N3O3/c1-13(2,3)16-10-8(12(17)18)7-14-11(15-10)9-5-4-6-19-9/h4-7H,1-3H3,(H,17,18)(H,14,15,16). The van der Waals surface area contributed by atoms with E-state index in [2.05, 4.69) is 15.3 Å². The van der Waals surface area contributed by atoms with Gasteiger partial charge in [0.15, 0.2) is 11.6 Å². The van der Waals surface area contributed by atoms with Crippen molar-refractivity contribution in [2.24, 2.45) is 0 Å². The Labute approximate surface area is 110 Å². The van der Waals surface area contributed by atoms with Crippen LogP contribution >= 0.6 is 0 Å². The lowest BCUT2D eigenvalue weighted by molar-refractivity contribution is 0.0697. The van der Waals surface area contributed by atoms with Gasteiger partial charge in [-0.2, -0.15) is 0 Å². The lowest BCUT2D eigenvalue weighted by Crippen LogP contribution is -2.28. The van der Waals surface area contributed by atoms with Crippen molar-refractivity contribution >= 4 is 11.8 Å². The van der Waals surface area contributed by atoms with Gasteiger partial charge in [-0.25, -0.2) is 14.8 Å². The molecule has 0 fully saturated rings. The number of hydrogen-bond donors (Lipinski definition) is 2. The predicted molar refractivity (Wildman–Crippen MR) is 70.1 cm³/mol. The number of rotatable bonds is 3. The van der Waals surface area contributed by atoms with Crippen molar-refractivity contribution in [1.29, 1.82) is 0 Å². The first-order valence-corrected chi connectivity index (χ1v) is 5.79. The van der Waals surface area contributed by atoms with Gasteiger partial charge in [0.05, 0.1) is 6.26 Å². The molecular weight excluding hydrogens is 246 g/mol. The van der Waals surface area contributed by atoms with Gasteiger partial charge in [0.1, 0.15) is 11.4 Å². The number of carbonyl (C=O) groups is 1. The third-order valence-electron chi connectivity index (χ3n) is 2.25. The molecule has 2 N–H and O–H groups in total. The van der Waals surface area contributed by atoms with Gasteiger partial charge >= 0.3 is 5.97 Å². The van der Waals surface area contributed by atoms with Crippen molar-refractivity contribution in [3.63, 3.8) is 0 Å². The minimum absolute atomic E-state index is 0.0326. The number of furan rings is 1. The maximum atomic E-state index is 11.2. The number of carboxylic acid groups (broad SMARTS) is 1. The summed E-state index contributed by atoms with van der Waals surface area (Å²) >= 11 is 0. The summed E-state index contributed by atoms with van der Waals surface area (Å²) < 4.78 is 5.20. The average molecular weight is 261 g/mol. The highest BCUT2D eigenvalue weighted by atomic mass is 16.4. The quantitative estimate of drug-likeness (QED) is 0.883. The Kier molecular flexibility index (Phi) is 3.25. The van der Waals surface area contributed by atoms with Crippen molar-refractivity contribution in [2.75, 3.05) is 5.32 Å². The van der Waals surface area contributed by atoms with E-state index in [0.717, 1.165) is 0 Å². The van der Waals surface area contributed by atoms with E-state index >= 15 is 0 Å². The summed E-state index contributed by atoms with van der Waals surface area (Å²) in [6.45, 7) is 5.77. The summed E-state index contributed by atoms with van der Waals surface area (Å²) in [5.74, 6) is 0.0507. The van der Waals surface area contributed by atoms with Gasteiger partial charge in [0.2, 0.25) is 0 Å². The van der Waals surface area contributed by atoms with Gasteiger partial charge < -0.3 is 14.8 Å². The van der Waals surface area contributed by atoms with Crippen LogP contribution < -0.4 is 5.32 Å². The van der Waals surface area contributed by atoms with Crippen molar-refractivity contribution in [3.05, 3.63) is 30.2 Å². The number of nitrogens with one attached hydrogen (secondary N) is 1. The largest absolute Gasteiger partial charge is 0.477 e.